The Labute approximate surface area is 108 Å². The Kier molecular flexibility index (Phi) is 4.19. The van der Waals surface area contributed by atoms with Crippen LogP contribution in [0.25, 0.3) is 0 Å². The highest BCUT2D eigenvalue weighted by Crippen LogP contribution is 2.23. The molecule has 1 fully saturated rings. The Balaban J connectivity index is 2.16. The molecule has 0 aliphatic carbocycles. The van der Waals surface area contributed by atoms with Gasteiger partial charge in [0.25, 0.3) is 0 Å². The molecular formula is C14H21FN2O. The molecule has 1 aliphatic heterocycles. The van der Waals surface area contributed by atoms with Crippen molar-refractivity contribution in [2.75, 3.05) is 32.1 Å². The number of likely N-dealkylation sites (N-methyl/N-ethyl adjacent to an activating group) is 2. The number of aliphatic hydroxyl groups is 1. The second-order valence-electron chi connectivity index (χ2n) is 5.14. The van der Waals surface area contributed by atoms with Gasteiger partial charge in [0.2, 0.25) is 0 Å². The van der Waals surface area contributed by atoms with Crippen molar-refractivity contribution < 1.29 is 9.50 Å². The van der Waals surface area contributed by atoms with Crippen LogP contribution in [0.15, 0.2) is 18.2 Å². The van der Waals surface area contributed by atoms with Crippen LogP contribution in [-0.2, 0) is 6.61 Å². The van der Waals surface area contributed by atoms with Gasteiger partial charge in [-0.25, -0.2) is 4.39 Å². The zero-order chi connectivity index (χ0) is 13.1. The molecule has 1 N–H and O–H groups in total. The summed E-state index contributed by atoms with van der Waals surface area (Å²) in [4.78, 5) is 4.43. The number of piperidine rings is 1. The number of rotatable bonds is 3. The zero-order valence-corrected chi connectivity index (χ0v) is 11.1. The van der Waals surface area contributed by atoms with Crippen LogP contribution in [0.3, 0.4) is 0 Å². The second kappa shape index (κ2) is 5.67. The molecule has 4 heteroatoms. The number of aliphatic hydroxyl groups excluding tert-OH is 1. The van der Waals surface area contributed by atoms with Gasteiger partial charge >= 0.3 is 0 Å². The summed E-state index contributed by atoms with van der Waals surface area (Å²) >= 11 is 0. The first kappa shape index (κ1) is 13.3. The third kappa shape index (κ3) is 3.00. The minimum Gasteiger partial charge on any atom is -0.392 e. The molecule has 18 heavy (non-hydrogen) atoms. The normalized spacial score (nSPS) is 21.0. The van der Waals surface area contributed by atoms with E-state index in [9.17, 15) is 4.39 Å². The van der Waals surface area contributed by atoms with Crippen LogP contribution in [0.5, 0.6) is 0 Å². The minimum absolute atomic E-state index is 0.122. The molecule has 1 aromatic rings. The van der Waals surface area contributed by atoms with Gasteiger partial charge in [-0.1, -0.05) is 0 Å². The van der Waals surface area contributed by atoms with E-state index in [4.69, 9.17) is 5.11 Å². The average Bonchev–Trinajstić information content (AvgIpc) is 2.37. The maximum atomic E-state index is 13.5. The van der Waals surface area contributed by atoms with Crippen LogP contribution in [0.2, 0.25) is 0 Å². The van der Waals surface area contributed by atoms with Crippen molar-refractivity contribution in [3.05, 3.63) is 29.6 Å². The van der Waals surface area contributed by atoms with Crippen molar-refractivity contribution in [1.82, 2.24) is 4.90 Å². The highest BCUT2D eigenvalue weighted by atomic mass is 19.1. The molecule has 100 valence electrons. The van der Waals surface area contributed by atoms with Crippen molar-refractivity contribution in [2.45, 2.75) is 25.5 Å². The second-order valence-corrected chi connectivity index (χ2v) is 5.14. The lowest BCUT2D eigenvalue weighted by Crippen LogP contribution is -2.45. The fourth-order valence-electron chi connectivity index (χ4n) is 2.59. The van der Waals surface area contributed by atoms with Crippen LogP contribution in [0.4, 0.5) is 10.1 Å². The molecule has 3 nitrogen and oxygen atoms in total. The van der Waals surface area contributed by atoms with E-state index in [-0.39, 0.29) is 12.4 Å². The quantitative estimate of drug-likeness (QED) is 0.889. The molecular weight excluding hydrogens is 231 g/mol. The lowest BCUT2D eigenvalue weighted by atomic mass is 10.0. The Morgan fingerprint density at radius 1 is 1.44 bits per heavy atom. The van der Waals surface area contributed by atoms with Gasteiger partial charge in [-0.3, -0.25) is 0 Å². The van der Waals surface area contributed by atoms with E-state index < -0.39 is 0 Å². The van der Waals surface area contributed by atoms with Crippen molar-refractivity contribution in [3.8, 4) is 0 Å². The lowest BCUT2D eigenvalue weighted by molar-refractivity contribution is 0.247. The molecule has 0 bridgehead atoms. The average molecular weight is 252 g/mol. The summed E-state index contributed by atoms with van der Waals surface area (Å²) in [5, 5.41) is 9.13. The predicted octanol–water partition coefficient (Wildman–Crippen LogP) is 1.85. The molecule has 2 rings (SSSR count). The van der Waals surface area contributed by atoms with Gasteiger partial charge in [0.1, 0.15) is 5.82 Å². The van der Waals surface area contributed by atoms with Gasteiger partial charge < -0.3 is 14.9 Å². The van der Waals surface area contributed by atoms with Crippen LogP contribution in [0.1, 0.15) is 18.4 Å². The molecule has 0 radical (unpaired) electrons. The predicted molar refractivity (Wildman–Crippen MR) is 71.2 cm³/mol. The van der Waals surface area contributed by atoms with Crippen molar-refractivity contribution in [3.63, 3.8) is 0 Å². The topological polar surface area (TPSA) is 26.7 Å². The van der Waals surface area contributed by atoms with Gasteiger partial charge in [0.15, 0.2) is 0 Å². The molecule has 1 saturated heterocycles. The molecule has 1 atom stereocenters. The van der Waals surface area contributed by atoms with E-state index >= 15 is 0 Å². The van der Waals surface area contributed by atoms with Gasteiger partial charge in [0, 0.05) is 25.3 Å². The zero-order valence-electron chi connectivity index (χ0n) is 11.1. The van der Waals surface area contributed by atoms with E-state index in [0.29, 0.717) is 11.6 Å². The molecule has 1 aromatic carbocycles. The Morgan fingerprint density at radius 3 is 2.89 bits per heavy atom. The number of hydrogen-bond acceptors (Lipinski definition) is 3. The number of anilines is 1. The minimum atomic E-state index is -0.285. The first-order valence-electron chi connectivity index (χ1n) is 6.42. The Morgan fingerprint density at radius 2 is 2.22 bits per heavy atom. The maximum absolute atomic E-state index is 13.5. The fourth-order valence-corrected chi connectivity index (χ4v) is 2.59. The van der Waals surface area contributed by atoms with Gasteiger partial charge in [-0.05, 0) is 50.2 Å². The highest BCUT2D eigenvalue weighted by Gasteiger charge is 2.21. The molecule has 1 heterocycles. The first-order chi connectivity index (χ1) is 8.60. The third-order valence-electron chi connectivity index (χ3n) is 3.68. The van der Waals surface area contributed by atoms with Crippen molar-refractivity contribution in [1.29, 1.82) is 0 Å². The molecule has 0 saturated carbocycles. The van der Waals surface area contributed by atoms with Gasteiger partial charge in [-0.15, -0.1) is 0 Å². The van der Waals surface area contributed by atoms with Crippen LogP contribution >= 0.6 is 0 Å². The number of hydrogen-bond donors (Lipinski definition) is 1. The molecule has 0 amide bonds. The Bertz CT molecular complexity index is 411. The number of halogens is 1. The standard InChI is InChI=1S/C14H21FN2O/c1-16-5-3-4-13(9-16)17(2)14-7-11(10-18)6-12(15)8-14/h6-8,13,18H,3-5,9-10H2,1-2H3. The van der Waals surface area contributed by atoms with Crippen molar-refractivity contribution >= 4 is 5.69 Å². The molecule has 0 spiro atoms. The maximum Gasteiger partial charge on any atom is 0.125 e. The third-order valence-corrected chi connectivity index (χ3v) is 3.68. The van der Waals surface area contributed by atoms with Crippen molar-refractivity contribution in [2.24, 2.45) is 0 Å². The summed E-state index contributed by atoms with van der Waals surface area (Å²) in [5.41, 5.74) is 1.47. The monoisotopic (exact) mass is 252 g/mol. The molecule has 0 aromatic heterocycles. The molecule has 1 unspecified atom stereocenters. The van der Waals surface area contributed by atoms with E-state index in [0.717, 1.165) is 25.2 Å². The van der Waals surface area contributed by atoms with Crippen LogP contribution < -0.4 is 4.90 Å². The van der Waals surface area contributed by atoms with E-state index in [1.807, 2.05) is 13.1 Å². The van der Waals surface area contributed by atoms with E-state index in [1.165, 1.54) is 18.6 Å². The fraction of sp³-hybridized carbons (Fsp3) is 0.571. The Hall–Kier alpha value is -1.13. The summed E-state index contributed by atoms with van der Waals surface area (Å²) in [5.74, 6) is -0.285. The van der Waals surface area contributed by atoms with E-state index in [2.05, 4.69) is 16.8 Å². The SMILES string of the molecule is CN1CCCC(N(C)c2cc(F)cc(CO)c2)C1. The summed E-state index contributed by atoms with van der Waals surface area (Å²) in [7, 11) is 4.12. The van der Waals surface area contributed by atoms with Crippen LogP contribution in [0, 0.1) is 5.82 Å². The summed E-state index contributed by atoms with van der Waals surface area (Å²) in [6.45, 7) is 2.01. The van der Waals surface area contributed by atoms with E-state index in [1.54, 1.807) is 0 Å². The number of likely N-dealkylation sites (tertiary alicyclic amines) is 1. The summed E-state index contributed by atoms with van der Waals surface area (Å²) < 4.78 is 13.5. The largest absolute Gasteiger partial charge is 0.392 e. The van der Waals surface area contributed by atoms with Gasteiger partial charge in [-0.2, -0.15) is 0 Å². The molecule has 1 aliphatic rings. The number of nitrogens with zero attached hydrogens (tertiary/aromatic N) is 2. The first-order valence-corrected chi connectivity index (χ1v) is 6.42. The smallest absolute Gasteiger partial charge is 0.125 e. The number of benzene rings is 1. The highest BCUT2D eigenvalue weighted by molar-refractivity contribution is 5.49. The van der Waals surface area contributed by atoms with Gasteiger partial charge in [0.05, 0.1) is 6.61 Å². The summed E-state index contributed by atoms with van der Waals surface area (Å²) in [6.07, 6.45) is 2.31. The lowest BCUT2D eigenvalue weighted by Gasteiger charge is -2.37. The summed E-state index contributed by atoms with van der Waals surface area (Å²) in [6, 6.07) is 5.19. The van der Waals surface area contributed by atoms with Crippen LogP contribution in [-0.4, -0.2) is 43.2 Å².